The number of likely N-dealkylation sites (tertiary alicyclic amines) is 1. The van der Waals surface area contributed by atoms with Gasteiger partial charge in [0, 0.05) is 31.5 Å². The topological polar surface area (TPSA) is 66.8 Å². The van der Waals surface area contributed by atoms with Gasteiger partial charge >= 0.3 is 6.09 Å². The molecule has 0 spiro atoms. The fraction of sp³-hybridized carbons (Fsp3) is 0.867. The third-order valence-corrected chi connectivity index (χ3v) is 3.40. The Kier molecular flexibility index (Phi) is 5.99. The number of unbranched alkanes of at least 4 members (excludes halogenated alkanes) is 1. The van der Waals surface area contributed by atoms with Gasteiger partial charge in [-0.1, -0.05) is 0 Å². The normalized spacial score (nSPS) is 23.9. The summed E-state index contributed by atoms with van der Waals surface area (Å²) in [5.74, 6) is 0.200. The highest BCUT2D eigenvalue weighted by atomic mass is 16.6. The highest BCUT2D eigenvalue weighted by molar-refractivity contribution is 5.83. The molecule has 1 saturated heterocycles. The summed E-state index contributed by atoms with van der Waals surface area (Å²) < 4.78 is 5.45. The highest BCUT2D eigenvalue weighted by Crippen LogP contribution is 2.26. The maximum absolute atomic E-state index is 12.3. The molecule has 1 unspecified atom stereocenters. The molecular weight excluding hydrogens is 258 g/mol. The Labute approximate surface area is 121 Å². The van der Waals surface area contributed by atoms with Crippen molar-refractivity contribution < 1.29 is 19.4 Å². The minimum Gasteiger partial charge on any atom is -0.444 e. The third-order valence-electron chi connectivity index (χ3n) is 3.40. The Morgan fingerprint density at radius 2 is 2.00 bits per heavy atom. The molecular formula is C15H27NO4. The van der Waals surface area contributed by atoms with E-state index in [0.717, 1.165) is 12.8 Å². The molecule has 0 aliphatic carbocycles. The van der Waals surface area contributed by atoms with Gasteiger partial charge in [0.1, 0.15) is 11.4 Å². The van der Waals surface area contributed by atoms with Crippen molar-refractivity contribution >= 4 is 11.9 Å². The zero-order chi connectivity index (χ0) is 15.3. The van der Waals surface area contributed by atoms with Gasteiger partial charge in [0.05, 0.1) is 0 Å². The standard InChI is InChI=1S/C15H27NO4/c1-11-9-13(18)10-12(7-5-6-8-17)16(11)14(19)20-15(2,3)4/h11-12,17H,5-10H2,1-4H3/t11-,12?/m1/s1. The summed E-state index contributed by atoms with van der Waals surface area (Å²) >= 11 is 0. The van der Waals surface area contributed by atoms with Crippen molar-refractivity contribution in [2.75, 3.05) is 6.61 Å². The number of ketones is 1. The first kappa shape index (κ1) is 17.0. The average molecular weight is 285 g/mol. The summed E-state index contributed by atoms with van der Waals surface area (Å²) in [5.41, 5.74) is -0.534. The van der Waals surface area contributed by atoms with Crippen LogP contribution in [0.15, 0.2) is 0 Å². The first-order chi connectivity index (χ1) is 9.24. The van der Waals surface area contributed by atoms with Crippen molar-refractivity contribution in [2.24, 2.45) is 0 Å². The van der Waals surface area contributed by atoms with Crippen molar-refractivity contribution in [1.29, 1.82) is 0 Å². The molecule has 116 valence electrons. The molecule has 1 fully saturated rings. The number of ether oxygens (including phenoxy) is 1. The average Bonchev–Trinajstić information content (AvgIpc) is 2.25. The summed E-state index contributed by atoms with van der Waals surface area (Å²) in [4.78, 5) is 25.8. The number of nitrogens with zero attached hydrogens (tertiary/aromatic N) is 1. The molecule has 1 aliphatic rings. The Hall–Kier alpha value is -1.10. The van der Waals surface area contributed by atoms with E-state index in [1.807, 2.05) is 27.7 Å². The summed E-state index contributed by atoms with van der Waals surface area (Å²) in [5, 5.41) is 8.86. The molecule has 0 aromatic rings. The van der Waals surface area contributed by atoms with Gasteiger partial charge in [-0.2, -0.15) is 0 Å². The van der Waals surface area contributed by atoms with Gasteiger partial charge in [-0.05, 0) is 47.0 Å². The number of Topliss-reactive ketones (excluding diaryl/α,β-unsaturated/α-hetero) is 1. The molecule has 1 N–H and O–H groups in total. The van der Waals surface area contributed by atoms with Crippen LogP contribution in [0.2, 0.25) is 0 Å². The van der Waals surface area contributed by atoms with Crippen LogP contribution in [0.3, 0.4) is 0 Å². The molecule has 0 aromatic heterocycles. The molecule has 1 amide bonds. The number of carbonyl (C=O) groups excluding carboxylic acids is 2. The molecule has 0 saturated carbocycles. The first-order valence-corrected chi connectivity index (χ1v) is 7.38. The van der Waals surface area contributed by atoms with E-state index in [0.29, 0.717) is 19.3 Å². The maximum atomic E-state index is 12.3. The molecule has 0 aromatic carbocycles. The molecule has 1 heterocycles. The van der Waals surface area contributed by atoms with Gasteiger partial charge in [-0.25, -0.2) is 4.79 Å². The molecule has 1 aliphatic heterocycles. The van der Waals surface area contributed by atoms with E-state index in [-0.39, 0.29) is 30.6 Å². The largest absolute Gasteiger partial charge is 0.444 e. The minimum atomic E-state index is -0.534. The molecule has 5 nitrogen and oxygen atoms in total. The van der Waals surface area contributed by atoms with Gasteiger partial charge in [0.2, 0.25) is 0 Å². The van der Waals surface area contributed by atoms with Crippen molar-refractivity contribution in [3.05, 3.63) is 0 Å². The molecule has 1 rings (SSSR count). The third kappa shape index (κ3) is 5.12. The van der Waals surface area contributed by atoms with Crippen LogP contribution in [-0.4, -0.2) is 46.2 Å². The van der Waals surface area contributed by atoms with E-state index in [9.17, 15) is 9.59 Å². The van der Waals surface area contributed by atoms with Crippen LogP contribution in [0, 0.1) is 0 Å². The molecule has 5 heteroatoms. The smallest absolute Gasteiger partial charge is 0.410 e. The molecule has 0 radical (unpaired) electrons. The second-order valence-corrected chi connectivity index (χ2v) is 6.56. The zero-order valence-electron chi connectivity index (χ0n) is 13.0. The van der Waals surface area contributed by atoms with E-state index in [1.54, 1.807) is 4.90 Å². The van der Waals surface area contributed by atoms with E-state index in [4.69, 9.17) is 9.84 Å². The fourth-order valence-electron chi connectivity index (χ4n) is 2.61. The summed E-state index contributed by atoms with van der Waals surface area (Å²) in [6.45, 7) is 7.55. The number of rotatable bonds is 4. The van der Waals surface area contributed by atoms with E-state index >= 15 is 0 Å². The monoisotopic (exact) mass is 285 g/mol. The lowest BCUT2D eigenvalue weighted by Gasteiger charge is -2.40. The van der Waals surface area contributed by atoms with Crippen LogP contribution in [0.5, 0.6) is 0 Å². The summed E-state index contributed by atoms with van der Waals surface area (Å²) in [6, 6.07) is -0.224. The number of hydrogen-bond acceptors (Lipinski definition) is 4. The van der Waals surface area contributed by atoms with Crippen molar-refractivity contribution in [2.45, 2.75) is 77.5 Å². The number of amides is 1. The van der Waals surface area contributed by atoms with Gasteiger partial charge in [-0.15, -0.1) is 0 Å². The van der Waals surface area contributed by atoms with Crippen molar-refractivity contribution in [3.8, 4) is 0 Å². The van der Waals surface area contributed by atoms with Gasteiger partial charge < -0.3 is 14.7 Å². The Balaban J connectivity index is 2.74. The first-order valence-electron chi connectivity index (χ1n) is 7.38. The van der Waals surface area contributed by atoms with Crippen LogP contribution >= 0.6 is 0 Å². The second kappa shape index (κ2) is 7.07. The highest BCUT2D eigenvalue weighted by Gasteiger charge is 2.37. The van der Waals surface area contributed by atoms with Crippen LogP contribution < -0.4 is 0 Å². The molecule has 0 bridgehead atoms. The van der Waals surface area contributed by atoms with Crippen molar-refractivity contribution in [3.63, 3.8) is 0 Å². The van der Waals surface area contributed by atoms with Crippen LogP contribution in [0.4, 0.5) is 4.79 Å². The second-order valence-electron chi connectivity index (χ2n) is 6.56. The summed E-state index contributed by atoms with van der Waals surface area (Å²) in [7, 11) is 0. The zero-order valence-corrected chi connectivity index (χ0v) is 13.0. The lowest BCUT2D eigenvalue weighted by molar-refractivity contribution is -0.124. The number of piperidine rings is 1. The van der Waals surface area contributed by atoms with E-state index in [2.05, 4.69) is 0 Å². The Bertz CT molecular complexity index is 348. The van der Waals surface area contributed by atoms with Gasteiger partial charge in [0.15, 0.2) is 0 Å². The predicted octanol–water partition coefficient (Wildman–Crippen LogP) is 2.51. The number of aliphatic hydroxyl groups excluding tert-OH is 1. The van der Waals surface area contributed by atoms with Gasteiger partial charge in [0.25, 0.3) is 0 Å². The lowest BCUT2D eigenvalue weighted by Crippen LogP contribution is -2.52. The Morgan fingerprint density at radius 3 is 2.55 bits per heavy atom. The Morgan fingerprint density at radius 1 is 1.35 bits per heavy atom. The van der Waals surface area contributed by atoms with E-state index in [1.165, 1.54) is 0 Å². The fourth-order valence-corrected chi connectivity index (χ4v) is 2.61. The predicted molar refractivity (Wildman–Crippen MR) is 76.5 cm³/mol. The summed E-state index contributed by atoms with van der Waals surface area (Å²) in [6.07, 6.45) is 2.69. The SMILES string of the molecule is C[C@@H]1CC(=O)CC(CCCCO)N1C(=O)OC(C)(C)C. The van der Waals surface area contributed by atoms with Crippen LogP contribution in [0.25, 0.3) is 0 Å². The van der Waals surface area contributed by atoms with Crippen LogP contribution in [0.1, 0.15) is 59.8 Å². The van der Waals surface area contributed by atoms with Gasteiger partial charge in [-0.3, -0.25) is 4.79 Å². The molecule has 2 atom stereocenters. The minimum absolute atomic E-state index is 0.104. The number of hydrogen-bond donors (Lipinski definition) is 1. The lowest BCUT2D eigenvalue weighted by atomic mass is 9.92. The quantitative estimate of drug-likeness (QED) is 0.806. The van der Waals surface area contributed by atoms with E-state index < -0.39 is 5.60 Å². The number of carbonyl (C=O) groups is 2. The maximum Gasteiger partial charge on any atom is 0.410 e. The number of aliphatic hydroxyl groups is 1. The molecule has 20 heavy (non-hydrogen) atoms. The van der Waals surface area contributed by atoms with Crippen molar-refractivity contribution in [1.82, 2.24) is 4.90 Å². The van der Waals surface area contributed by atoms with Crippen LogP contribution in [-0.2, 0) is 9.53 Å².